The molecule has 1 aromatic carbocycles. The molecule has 2 heterocycles. The topological polar surface area (TPSA) is 58.1 Å². The van der Waals surface area contributed by atoms with Crippen molar-refractivity contribution in [2.24, 2.45) is 5.92 Å². The molecule has 3 rings (SSSR count). The average Bonchev–Trinajstić information content (AvgIpc) is 2.61. The lowest BCUT2D eigenvalue weighted by atomic mass is 10.0. The molecule has 25 heavy (non-hydrogen) atoms. The van der Waals surface area contributed by atoms with Crippen LogP contribution in [-0.2, 0) is 0 Å². The first-order valence-corrected chi connectivity index (χ1v) is 9.03. The van der Waals surface area contributed by atoms with E-state index in [0.29, 0.717) is 17.4 Å². The minimum atomic E-state index is -0.152. The summed E-state index contributed by atoms with van der Waals surface area (Å²) in [5.74, 6) is 1.93. The number of benzene rings is 1. The predicted molar refractivity (Wildman–Crippen MR) is 101 cm³/mol. The standard InChI is InChI=1S/C20H26N4O/c1-14(2)21-20(25)17-12-18(24-11-7-8-15(3)13-24)23-19(22-17)16-9-5-4-6-10-16/h4-6,9-10,12,14-15H,7-8,11,13H2,1-3H3,(H,21,25). The van der Waals surface area contributed by atoms with Gasteiger partial charge in [0.15, 0.2) is 5.82 Å². The molecule has 0 bridgehead atoms. The highest BCUT2D eigenvalue weighted by molar-refractivity contribution is 5.93. The summed E-state index contributed by atoms with van der Waals surface area (Å²) in [6.07, 6.45) is 2.40. The van der Waals surface area contributed by atoms with Crippen molar-refractivity contribution >= 4 is 11.7 Å². The molecule has 0 saturated carbocycles. The molecular weight excluding hydrogens is 312 g/mol. The monoisotopic (exact) mass is 338 g/mol. The fourth-order valence-electron chi connectivity index (χ4n) is 3.16. The zero-order chi connectivity index (χ0) is 17.8. The van der Waals surface area contributed by atoms with Gasteiger partial charge in [0.2, 0.25) is 0 Å². The first-order chi connectivity index (χ1) is 12.0. The van der Waals surface area contributed by atoms with E-state index in [1.165, 1.54) is 6.42 Å². The van der Waals surface area contributed by atoms with E-state index in [0.717, 1.165) is 30.9 Å². The number of piperidine rings is 1. The minimum Gasteiger partial charge on any atom is -0.356 e. The molecule has 1 N–H and O–H groups in total. The van der Waals surface area contributed by atoms with Crippen molar-refractivity contribution < 1.29 is 4.79 Å². The molecule has 1 fully saturated rings. The maximum atomic E-state index is 12.5. The zero-order valence-electron chi connectivity index (χ0n) is 15.2. The van der Waals surface area contributed by atoms with Gasteiger partial charge in [-0.15, -0.1) is 0 Å². The third kappa shape index (κ3) is 4.35. The van der Waals surface area contributed by atoms with Gasteiger partial charge in [0.05, 0.1) is 0 Å². The van der Waals surface area contributed by atoms with Gasteiger partial charge in [-0.05, 0) is 32.6 Å². The molecule has 1 aliphatic rings. The Morgan fingerprint density at radius 3 is 2.68 bits per heavy atom. The van der Waals surface area contributed by atoms with Gasteiger partial charge in [0.25, 0.3) is 5.91 Å². The summed E-state index contributed by atoms with van der Waals surface area (Å²) in [5, 5.41) is 2.93. The van der Waals surface area contributed by atoms with Crippen molar-refractivity contribution in [2.75, 3.05) is 18.0 Å². The largest absolute Gasteiger partial charge is 0.356 e. The fraction of sp³-hybridized carbons (Fsp3) is 0.450. The van der Waals surface area contributed by atoms with E-state index in [4.69, 9.17) is 4.98 Å². The maximum Gasteiger partial charge on any atom is 0.270 e. The van der Waals surface area contributed by atoms with E-state index in [9.17, 15) is 4.79 Å². The third-order valence-electron chi connectivity index (χ3n) is 4.38. The van der Waals surface area contributed by atoms with Crippen molar-refractivity contribution in [2.45, 2.75) is 39.7 Å². The molecule has 0 radical (unpaired) electrons. The number of rotatable bonds is 4. The van der Waals surface area contributed by atoms with E-state index in [2.05, 4.69) is 22.1 Å². The summed E-state index contributed by atoms with van der Waals surface area (Å²) in [6, 6.07) is 11.7. The Morgan fingerprint density at radius 1 is 1.24 bits per heavy atom. The van der Waals surface area contributed by atoms with E-state index in [1.54, 1.807) is 0 Å². The van der Waals surface area contributed by atoms with Crippen LogP contribution in [0.25, 0.3) is 11.4 Å². The Bertz CT molecular complexity index is 730. The molecular formula is C20H26N4O. The summed E-state index contributed by atoms with van der Waals surface area (Å²) < 4.78 is 0. The van der Waals surface area contributed by atoms with Crippen molar-refractivity contribution in [3.8, 4) is 11.4 Å². The van der Waals surface area contributed by atoms with Crippen molar-refractivity contribution in [1.29, 1.82) is 0 Å². The average molecular weight is 338 g/mol. The Kier molecular flexibility index (Phi) is 5.31. The second-order valence-electron chi connectivity index (χ2n) is 7.12. The highest BCUT2D eigenvalue weighted by atomic mass is 16.1. The second kappa shape index (κ2) is 7.64. The van der Waals surface area contributed by atoms with E-state index in [-0.39, 0.29) is 11.9 Å². The third-order valence-corrected chi connectivity index (χ3v) is 4.38. The molecule has 132 valence electrons. The number of nitrogens with zero attached hydrogens (tertiary/aromatic N) is 3. The lowest BCUT2D eigenvalue weighted by Crippen LogP contribution is -2.36. The van der Waals surface area contributed by atoms with Crippen LogP contribution in [0.1, 0.15) is 44.1 Å². The van der Waals surface area contributed by atoms with Gasteiger partial charge in [-0.1, -0.05) is 37.3 Å². The molecule has 0 spiro atoms. The number of amides is 1. The van der Waals surface area contributed by atoms with Crippen LogP contribution in [0.4, 0.5) is 5.82 Å². The number of carbonyl (C=O) groups excluding carboxylic acids is 1. The SMILES string of the molecule is CC1CCCN(c2cc(C(=O)NC(C)C)nc(-c3ccccc3)n2)C1. The lowest BCUT2D eigenvalue weighted by Gasteiger charge is -2.32. The molecule has 5 heteroatoms. The van der Waals surface area contributed by atoms with Crippen LogP contribution in [0.15, 0.2) is 36.4 Å². The second-order valence-corrected chi connectivity index (χ2v) is 7.12. The molecule has 1 amide bonds. The highest BCUT2D eigenvalue weighted by Gasteiger charge is 2.21. The number of carbonyl (C=O) groups is 1. The van der Waals surface area contributed by atoms with E-state index >= 15 is 0 Å². The lowest BCUT2D eigenvalue weighted by molar-refractivity contribution is 0.0938. The van der Waals surface area contributed by atoms with Crippen molar-refractivity contribution in [1.82, 2.24) is 15.3 Å². The first kappa shape index (κ1) is 17.4. The number of hydrogen-bond donors (Lipinski definition) is 1. The quantitative estimate of drug-likeness (QED) is 0.927. The van der Waals surface area contributed by atoms with Crippen LogP contribution >= 0.6 is 0 Å². The van der Waals surface area contributed by atoms with Crippen LogP contribution in [0.2, 0.25) is 0 Å². The van der Waals surface area contributed by atoms with Gasteiger partial charge in [0, 0.05) is 30.8 Å². The van der Waals surface area contributed by atoms with Crippen LogP contribution in [-0.4, -0.2) is 35.0 Å². The van der Waals surface area contributed by atoms with E-state index in [1.807, 2.05) is 50.2 Å². The summed E-state index contributed by atoms with van der Waals surface area (Å²) in [7, 11) is 0. The molecule has 5 nitrogen and oxygen atoms in total. The Hall–Kier alpha value is -2.43. The van der Waals surface area contributed by atoms with Gasteiger partial charge in [-0.3, -0.25) is 4.79 Å². The maximum absolute atomic E-state index is 12.5. The summed E-state index contributed by atoms with van der Waals surface area (Å²) in [4.78, 5) is 24.1. The molecule has 1 saturated heterocycles. The zero-order valence-corrected chi connectivity index (χ0v) is 15.2. The summed E-state index contributed by atoms with van der Waals surface area (Å²) >= 11 is 0. The minimum absolute atomic E-state index is 0.0705. The van der Waals surface area contributed by atoms with Gasteiger partial charge in [-0.2, -0.15) is 0 Å². The molecule has 0 aliphatic carbocycles. The first-order valence-electron chi connectivity index (χ1n) is 9.03. The van der Waals surface area contributed by atoms with Gasteiger partial charge in [0.1, 0.15) is 11.5 Å². The van der Waals surface area contributed by atoms with Crippen LogP contribution in [0.3, 0.4) is 0 Å². The predicted octanol–water partition coefficient (Wildman–Crippen LogP) is 3.52. The summed E-state index contributed by atoms with van der Waals surface area (Å²) in [6.45, 7) is 8.10. The van der Waals surface area contributed by atoms with Gasteiger partial charge >= 0.3 is 0 Å². The van der Waals surface area contributed by atoms with Crippen LogP contribution in [0.5, 0.6) is 0 Å². The summed E-state index contributed by atoms with van der Waals surface area (Å²) in [5.41, 5.74) is 1.35. The molecule has 1 aliphatic heterocycles. The van der Waals surface area contributed by atoms with Crippen LogP contribution < -0.4 is 10.2 Å². The van der Waals surface area contributed by atoms with Gasteiger partial charge < -0.3 is 10.2 Å². The number of aromatic nitrogens is 2. The normalized spacial score (nSPS) is 17.6. The fourth-order valence-corrected chi connectivity index (χ4v) is 3.16. The smallest absolute Gasteiger partial charge is 0.270 e. The molecule has 2 aromatic rings. The highest BCUT2D eigenvalue weighted by Crippen LogP contribution is 2.24. The number of anilines is 1. The van der Waals surface area contributed by atoms with Gasteiger partial charge in [-0.25, -0.2) is 9.97 Å². The van der Waals surface area contributed by atoms with Crippen molar-refractivity contribution in [3.05, 3.63) is 42.1 Å². The molecule has 1 unspecified atom stereocenters. The van der Waals surface area contributed by atoms with E-state index < -0.39 is 0 Å². The molecule has 1 atom stereocenters. The Balaban J connectivity index is 2.00. The Labute approximate surface area is 149 Å². The van der Waals surface area contributed by atoms with Crippen molar-refractivity contribution in [3.63, 3.8) is 0 Å². The van der Waals surface area contributed by atoms with Crippen LogP contribution in [0, 0.1) is 5.92 Å². The number of nitrogens with one attached hydrogen (secondary N) is 1. The Morgan fingerprint density at radius 2 is 2.00 bits per heavy atom. The number of hydrogen-bond acceptors (Lipinski definition) is 4. The molecule has 1 aromatic heterocycles.